The molecule has 0 saturated carbocycles. The van der Waals surface area contributed by atoms with Crippen LogP contribution in [0.15, 0.2) is 59.6 Å². The number of imidazole rings is 1. The van der Waals surface area contributed by atoms with Crippen molar-refractivity contribution in [1.82, 2.24) is 29.4 Å². The summed E-state index contributed by atoms with van der Waals surface area (Å²) >= 11 is 0. The van der Waals surface area contributed by atoms with Crippen LogP contribution in [0.5, 0.6) is 0 Å². The molecule has 1 saturated heterocycles. The first-order chi connectivity index (χ1) is 13.2. The van der Waals surface area contributed by atoms with Crippen LogP contribution < -0.4 is 0 Å². The second kappa shape index (κ2) is 6.26. The van der Waals surface area contributed by atoms with Gasteiger partial charge >= 0.3 is 0 Å². The minimum Gasteiger partial charge on any atom is -0.379 e. The average Bonchev–Trinajstić information content (AvgIpc) is 3.41. The predicted molar refractivity (Wildman–Crippen MR) is 96.5 cm³/mol. The first kappa shape index (κ1) is 16.1. The molecule has 8 heteroatoms. The van der Waals surface area contributed by atoms with Crippen LogP contribution >= 0.6 is 0 Å². The van der Waals surface area contributed by atoms with Crippen molar-refractivity contribution in [3.05, 3.63) is 66.6 Å². The maximum Gasteiger partial charge on any atom is 0.260 e. The summed E-state index contributed by atoms with van der Waals surface area (Å²) in [5, 5.41) is 15.1. The third-order valence-electron chi connectivity index (χ3n) is 4.95. The van der Waals surface area contributed by atoms with Gasteiger partial charge in [0.1, 0.15) is 5.69 Å². The lowest BCUT2D eigenvalue weighted by Gasteiger charge is -2.19. The number of aliphatic hydroxyl groups is 1. The van der Waals surface area contributed by atoms with Gasteiger partial charge in [0.15, 0.2) is 11.2 Å². The number of hydrogen-bond donors (Lipinski definition) is 1. The molecule has 0 radical (unpaired) electrons. The minimum atomic E-state index is -1.14. The maximum absolute atomic E-state index is 11.1. The molecule has 1 atom stereocenters. The van der Waals surface area contributed by atoms with Crippen LogP contribution in [0.25, 0.3) is 17.2 Å². The Morgan fingerprint density at radius 1 is 1.19 bits per heavy atom. The normalized spacial score (nSPS) is 20.5. The molecular formula is C19H18N6O2. The number of hydrogen-bond acceptors (Lipinski definition) is 7. The van der Waals surface area contributed by atoms with E-state index in [1.54, 1.807) is 24.8 Å². The van der Waals surface area contributed by atoms with Gasteiger partial charge in [-0.1, -0.05) is 35.5 Å². The Labute approximate surface area is 155 Å². The highest BCUT2D eigenvalue weighted by atomic mass is 16.5. The van der Waals surface area contributed by atoms with Crippen molar-refractivity contribution in [2.45, 2.75) is 18.6 Å². The molecular weight excluding hydrogens is 344 g/mol. The van der Waals surface area contributed by atoms with Crippen molar-refractivity contribution < 1.29 is 9.63 Å². The fourth-order valence-corrected chi connectivity index (χ4v) is 3.55. The monoisotopic (exact) mass is 362 g/mol. The zero-order valence-corrected chi connectivity index (χ0v) is 14.6. The van der Waals surface area contributed by atoms with E-state index in [2.05, 4.69) is 37.1 Å². The Hall–Kier alpha value is -3.10. The lowest BCUT2D eigenvalue weighted by molar-refractivity contribution is 0.0131. The van der Waals surface area contributed by atoms with Crippen molar-refractivity contribution in [2.75, 3.05) is 13.1 Å². The van der Waals surface area contributed by atoms with Gasteiger partial charge in [0.25, 0.3) is 5.89 Å². The summed E-state index contributed by atoms with van der Waals surface area (Å²) in [4.78, 5) is 15.0. The Balaban J connectivity index is 1.38. The molecule has 1 aliphatic rings. The highest BCUT2D eigenvalue weighted by Gasteiger charge is 2.42. The number of nitrogens with zero attached hydrogens (tertiary/aromatic N) is 6. The summed E-state index contributed by atoms with van der Waals surface area (Å²) in [6.45, 7) is 2.01. The van der Waals surface area contributed by atoms with Crippen molar-refractivity contribution in [1.29, 1.82) is 0 Å². The molecule has 5 rings (SSSR count). The van der Waals surface area contributed by atoms with E-state index in [1.165, 1.54) is 5.56 Å². The summed E-state index contributed by atoms with van der Waals surface area (Å²) in [5.74, 6) is 0.649. The number of rotatable bonds is 4. The molecule has 1 aliphatic heterocycles. The lowest BCUT2D eigenvalue weighted by Crippen LogP contribution is -2.31. The zero-order valence-electron chi connectivity index (χ0n) is 14.6. The van der Waals surface area contributed by atoms with Gasteiger partial charge in [0, 0.05) is 32.0 Å². The second-order valence-corrected chi connectivity index (χ2v) is 6.85. The smallest absolute Gasteiger partial charge is 0.260 e. The summed E-state index contributed by atoms with van der Waals surface area (Å²) < 4.78 is 7.26. The molecule has 0 aliphatic carbocycles. The molecule has 4 aromatic rings. The zero-order chi connectivity index (χ0) is 18.3. The van der Waals surface area contributed by atoms with E-state index < -0.39 is 5.60 Å². The Morgan fingerprint density at radius 3 is 2.96 bits per heavy atom. The molecule has 1 aromatic carbocycles. The first-order valence-corrected chi connectivity index (χ1v) is 8.82. The van der Waals surface area contributed by atoms with Crippen LogP contribution in [0, 0.1) is 0 Å². The quantitative estimate of drug-likeness (QED) is 0.592. The molecule has 0 bridgehead atoms. The molecule has 0 amide bonds. The number of benzene rings is 1. The van der Waals surface area contributed by atoms with E-state index in [9.17, 15) is 5.11 Å². The van der Waals surface area contributed by atoms with Gasteiger partial charge in [-0.25, -0.2) is 4.98 Å². The predicted octanol–water partition coefficient (Wildman–Crippen LogP) is 1.87. The van der Waals surface area contributed by atoms with E-state index >= 15 is 0 Å². The van der Waals surface area contributed by atoms with Gasteiger partial charge < -0.3 is 9.63 Å². The van der Waals surface area contributed by atoms with Crippen LogP contribution in [0.2, 0.25) is 0 Å². The summed E-state index contributed by atoms with van der Waals surface area (Å²) in [6.07, 6.45) is 7.35. The summed E-state index contributed by atoms with van der Waals surface area (Å²) in [6, 6.07) is 10.2. The molecule has 8 nitrogen and oxygen atoms in total. The third-order valence-corrected chi connectivity index (χ3v) is 4.95. The van der Waals surface area contributed by atoms with Crippen molar-refractivity contribution in [3.8, 4) is 11.5 Å². The third kappa shape index (κ3) is 2.88. The van der Waals surface area contributed by atoms with Gasteiger partial charge in [0.05, 0.1) is 12.4 Å². The molecule has 1 N–H and O–H groups in total. The van der Waals surface area contributed by atoms with Gasteiger partial charge in [-0.2, -0.15) is 4.98 Å². The number of aromatic nitrogens is 5. The number of β-amino-alcohol motifs (C(OH)–C–C–N with tert-alkyl or cyclic N) is 1. The van der Waals surface area contributed by atoms with Gasteiger partial charge in [0.2, 0.25) is 5.82 Å². The van der Waals surface area contributed by atoms with Crippen LogP contribution in [0.1, 0.15) is 17.9 Å². The molecule has 27 heavy (non-hydrogen) atoms. The van der Waals surface area contributed by atoms with Crippen LogP contribution in [-0.4, -0.2) is 47.6 Å². The van der Waals surface area contributed by atoms with E-state index in [0.29, 0.717) is 30.1 Å². The van der Waals surface area contributed by atoms with Crippen molar-refractivity contribution >= 4 is 5.65 Å². The highest BCUT2D eigenvalue weighted by Crippen LogP contribution is 2.32. The van der Waals surface area contributed by atoms with Gasteiger partial charge in [-0.05, 0) is 12.0 Å². The highest BCUT2D eigenvalue weighted by molar-refractivity contribution is 5.55. The summed E-state index contributed by atoms with van der Waals surface area (Å²) in [7, 11) is 0. The molecule has 1 unspecified atom stereocenters. The summed E-state index contributed by atoms with van der Waals surface area (Å²) in [5.41, 5.74) is 1.48. The van der Waals surface area contributed by atoms with Crippen LogP contribution in [0.4, 0.5) is 0 Å². The lowest BCUT2D eigenvalue weighted by atomic mass is 10.0. The Bertz CT molecular complexity index is 1080. The minimum absolute atomic E-state index is 0.247. The topological polar surface area (TPSA) is 92.6 Å². The number of likely N-dealkylation sites (tertiary alicyclic amines) is 1. The molecule has 3 aromatic heterocycles. The Kier molecular flexibility index (Phi) is 3.73. The molecule has 0 spiro atoms. The van der Waals surface area contributed by atoms with Gasteiger partial charge in [-0.15, -0.1) is 0 Å². The van der Waals surface area contributed by atoms with E-state index in [0.717, 1.165) is 13.1 Å². The average molecular weight is 362 g/mol. The van der Waals surface area contributed by atoms with E-state index in [4.69, 9.17) is 4.52 Å². The fourth-order valence-electron chi connectivity index (χ4n) is 3.55. The molecule has 1 fully saturated rings. The Morgan fingerprint density at radius 2 is 2.07 bits per heavy atom. The first-order valence-electron chi connectivity index (χ1n) is 8.82. The second-order valence-electron chi connectivity index (χ2n) is 6.85. The van der Waals surface area contributed by atoms with Crippen molar-refractivity contribution in [2.24, 2.45) is 0 Å². The fraction of sp³-hybridized carbons (Fsp3) is 0.263. The van der Waals surface area contributed by atoms with Gasteiger partial charge in [-0.3, -0.25) is 14.3 Å². The van der Waals surface area contributed by atoms with E-state index in [-0.39, 0.29) is 5.89 Å². The maximum atomic E-state index is 11.1. The van der Waals surface area contributed by atoms with Crippen LogP contribution in [0.3, 0.4) is 0 Å². The molecule has 136 valence electrons. The SMILES string of the molecule is OC1(c2nc(-c3cnc4cnccn34)no2)CCN(Cc2ccccc2)C1. The standard InChI is InChI=1S/C19H18N6O2/c26-19(6-8-24(13-19)12-14-4-2-1-3-5-14)18-22-17(23-27-18)15-10-21-16-11-20-7-9-25(15)16/h1-5,7,9-11,26H,6,8,12-13H2. The van der Waals surface area contributed by atoms with E-state index in [1.807, 2.05) is 22.6 Å². The molecule has 4 heterocycles. The largest absolute Gasteiger partial charge is 0.379 e. The van der Waals surface area contributed by atoms with Crippen LogP contribution in [-0.2, 0) is 12.1 Å². The number of fused-ring (bicyclic) bond motifs is 1. The van der Waals surface area contributed by atoms with Crippen molar-refractivity contribution in [3.63, 3.8) is 0 Å².